The van der Waals surface area contributed by atoms with E-state index < -0.39 is 10.5 Å². The Balaban J connectivity index is 2.46. The van der Waals surface area contributed by atoms with Crippen LogP contribution in [-0.4, -0.2) is 38.5 Å². The molecule has 0 bridgehead atoms. The van der Waals surface area contributed by atoms with Crippen molar-refractivity contribution in [1.29, 1.82) is 0 Å². The third-order valence-corrected chi connectivity index (χ3v) is 3.30. The number of anilines is 1. The lowest BCUT2D eigenvalue weighted by molar-refractivity contribution is -0.384. The van der Waals surface area contributed by atoms with Crippen LogP contribution < -0.4 is 4.90 Å². The number of aliphatic hydroxyl groups is 1. The van der Waals surface area contributed by atoms with Gasteiger partial charge in [0.1, 0.15) is 5.69 Å². The number of rotatable bonds is 3. The summed E-state index contributed by atoms with van der Waals surface area (Å²) < 4.78 is 1.63. The standard InChI is InChI=1S/C11H18N4O3/c1-4-14-10(9(15(17)18)8(2)12-14)13-6-5-11(3,16)7-13/h16H,4-7H2,1-3H3. The van der Waals surface area contributed by atoms with E-state index in [1.54, 1.807) is 18.5 Å². The first-order valence-electron chi connectivity index (χ1n) is 6.05. The minimum atomic E-state index is -0.787. The van der Waals surface area contributed by atoms with Crippen molar-refractivity contribution >= 4 is 11.5 Å². The van der Waals surface area contributed by atoms with Crippen molar-refractivity contribution in [2.75, 3.05) is 18.0 Å². The molecule has 1 unspecified atom stereocenters. The van der Waals surface area contributed by atoms with Gasteiger partial charge in [0.2, 0.25) is 5.82 Å². The van der Waals surface area contributed by atoms with Crippen LogP contribution in [0.2, 0.25) is 0 Å². The van der Waals surface area contributed by atoms with Gasteiger partial charge in [0, 0.05) is 19.6 Å². The predicted octanol–water partition coefficient (Wildman–Crippen LogP) is 1.08. The smallest absolute Gasteiger partial charge is 0.333 e. The van der Waals surface area contributed by atoms with E-state index in [2.05, 4.69) is 5.10 Å². The van der Waals surface area contributed by atoms with Crippen LogP contribution in [0.3, 0.4) is 0 Å². The Labute approximate surface area is 105 Å². The highest BCUT2D eigenvalue weighted by Gasteiger charge is 2.37. The van der Waals surface area contributed by atoms with Crippen molar-refractivity contribution in [2.45, 2.75) is 39.3 Å². The number of hydrogen-bond acceptors (Lipinski definition) is 5. The third kappa shape index (κ3) is 2.05. The second-order valence-electron chi connectivity index (χ2n) is 5.00. The molecule has 0 amide bonds. The van der Waals surface area contributed by atoms with E-state index in [-0.39, 0.29) is 5.69 Å². The van der Waals surface area contributed by atoms with Gasteiger partial charge in [-0.25, -0.2) is 4.68 Å². The Bertz CT molecular complexity index is 481. The minimum absolute atomic E-state index is 0.0505. The average molecular weight is 254 g/mol. The van der Waals surface area contributed by atoms with E-state index in [9.17, 15) is 15.2 Å². The maximum atomic E-state index is 11.2. The highest BCUT2D eigenvalue weighted by molar-refractivity contribution is 5.62. The van der Waals surface area contributed by atoms with Gasteiger partial charge in [-0.1, -0.05) is 0 Å². The van der Waals surface area contributed by atoms with Crippen LogP contribution in [0.25, 0.3) is 0 Å². The van der Waals surface area contributed by atoms with Gasteiger partial charge in [-0.05, 0) is 27.2 Å². The Morgan fingerprint density at radius 3 is 2.72 bits per heavy atom. The maximum absolute atomic E-state index is 11.2. The van der Waals surface area contributed by atoms with E-state index in [1.807, 2.05) is 11.8 Å². The monoisotopic (exact) mass is 254 g/mol. The average Bonchev–Trinajstić information content (AvgIpc) is 2.77. The molecule has 7 heteroatoms. The molecular formula is C11H18N4O3. The van der Waals surface area contributed by atoms with Gasteiger partial charge in [0.05, 0.1) is 10.5 Å². The Kier molecular flexibility index (Phi) is 3.02. The molecule has 0 radical (unpaired) electrons. The van der Waals surface area contributed by atoms with E-state index >= 15 is 0 Å². The third-order valence-electron chi connectivity index (χ3n) is 3.30. The van der Waals surface area contributed by atoms with Crippen LogP contribution >= 0.6 is 0 Å². The van der Waals surface area contributed by atoms with Gasteiger partial charge < -0.3 is 10.0 Å². The summed E-state index contributed by atoms with van der Waals surface area (Å²) in [6, 6.07) is 0. The first-order chi connectivity index (χ1) is 8.35. The van der Waals surface area contributed by atoms with Crippen LogP contribution in [0.4, 0.5) is 11.5 Å². The molecule has 0 aromatic carbocycles. The van der Waals surface area contributed by atoms with Crippen molar-refractivity contribution in [3.8, 4) is 0 Å². The number of aromatic nitrogens is 2. The summed E-state index contributed by atoms with van der Waals surface area (Å²) in [6.45, 7) is 6.87. The van der Waals surface area contributed by atoms with Gasteiger partial charge >= 0.3 is 5.69 Å². The fourth-order valence-corrected chi connectivity index (χ4v) is 2.43. The van der Waals surface area contributed by atoms with Crippen molar-refractivity contribution in [3.63, 3.8) is 0 Å². The van der Waals surface area contributed by atoms with Gasteiger partial charge in [-0.15, -0.1) is 0 Å². The summed E-state index contributed by atoms with van der Waals surface area (Å²) in [7, 11) is 0. The zero-order chi connectivity index (χ0) is 13.5. The van der Waals surface area contributed by atoms with Gasteiger partial charge in [-0.2, -0.15) is 5.10 Å². The van der Waals surface area contributed by atoms with Crippen LogP contribution in [0, 0.1) is 17.0 Å². The zero-order valence-corrected chi connectivity index (χ0v) is 10.9. The summed E-state index contributed by atoms with van der Waals surface area (Å²) in [5.74, 6) is 0.512. The number of hydrogen-bond donors (Lipinski definition) is 1. The summed E-state index contributed by atoms with van der Waals surface area (Å²) >= 11 is 0. The summed E-state index contributed by atoms with van der Waals surface area (Å²) in [6.07, 6.45) is 0.609. The Morgan fingerprint density at radius 1 is 1.61 bits per heavy atom. The lowest BCUT2D eigenvalue weighted by Crippen LogP contribution is -2.31. The molecule has 18 heavy (non-hydrogen) atoms. The second kappa shape index (κ2) is 4.24. The molecule has 100 valence electrons. The van der Waals surface area contributed by atoms with Crippen LogP contribution in [-0.2, 0) is 6.54 Å². The van der Waals surface area contributed by atoms with Crippen molar-refractivity contribution in [1.82, 2.24) is 9.78 Å². The number of nitrogens with zero attached hydrogens (tertiary/aromatic N) is 4. The maximum Gasteiger partial charge on any atom is 0.333 e. The number of β-amino-alcohol motifs (C(OH)–C–C–N with tert-alkyl or cyclic N) is 1. The minimum Gasteiger partial charge on any atom is -0.388 e. The highest BCUT2D eigenvalue weighted by Crippen LogP contribution is 2.35. The molecule has 1 aromatic rings. The van der Waals surface area contributed by atoms with E-state index in [4.69, 9.17) is 0 Å². The first kappa shape index (κ1) is 12.8. The molecule has 1 aliphatic heterocycles. The van der Waals surface area contributed by atoms with Crippen LogP contribution in [0.5, 0.6) is 0 Å². The van der Waals surface area contributed by atoms with Gasteiger partial charge in [0.15, 0.2) is 0 Å². The van der Waals surface area contributed by atoms with E-state index in [0.29, 0.717) is 37.6 Å². The molecule has 2 rings (SSSR count). The molecule has 1 aliphatic rings. The second-order valence-corrected chi connectivity index (χ2v) is 5.00. The normalized spacial score (nSPS) is 23.7. The number of aryl methyl sites for hydroxylation is 2. The Hall–Kier alpha value is -1.63. The highest BCUT2D eigenvalue weighted by atomic mass is 16.6. The van der Waals surface area contributed by atoms with Crippen LogP contribution in [0.15, 0.2) is 0 Å². The number of nitro groups is 1. The van der Waals surface area contributed by atoms with E-state index in [1.165, 1.54) is 0 Å². The summed E-state index contributed by atoms with van der Waals surface area (Å²) in [5.41, 5.74) is -0.317. The lowest BCUT2D eigenvalue weighted by Gasteiger charge is -2.20. The molecule has 0 aliphatic carbocycles. The predicted molar refractivity (Wildman–Crippen MR) is 66.7 cm³/mol. The molecule has 0 spiro atoms. The molecule has 1 saturated heterocycles. The SMILES string of the molecule is CCn1nc(C)c([N+](=O)[O-])c1N1CCC(C)(O)C1. The zero-order valence-electron chi connectivity index (χ0n) is 10.9. The molecule has 0 saturated carbocycles. The first-order valence-corrected chi connectivity index (χ1v) is 6.05. The summed E-state index contributed by atoms with van der Waals surface area (Å²) in [4.78, 5) is 12.6. The van der Waals surface area contributed by atoms with Gasteiger partial charge in [0.25, 0.3) is 0 Å². The fraction of sp³-hybridized carbons (Fsp3) is 0.727. The van der Waals surface area contributed by atoms with Crippen LogP contribution in [0.1, 0.15) is 26.0 Å². The van der Waals surface area contributed by atoms with Crippen molar-refractivity contribution in [3.05, 3.63) is 15.8 Å². The molecule has 1 atom stereocenters. The molecular weight excluding hydrogens is 236 g/mol. The molecule has 7 nitrogen and oxygen atoms in total. The molecule has 1 N–H and O–H groups in total. The molecule has 1 fully saturated rings. The van der Waals surface area contributed by atoms with Gasteiger partial charge in [-0.3, -0.25) is 10.1 Å². The lowest BCUT2D eigenvalue weighted by atomic mass is 10.1. The molecule has 2 heterocycles. The topological polar surface area (TPSA) is 84.4 Å². The largest absolute Gasteiger partial charge is 0.388 e. The van der Waals surface area contributed by atoms with E-state index in [0.717, 1.165) is 0 Å². The van der Waals surface area contributed by atoms with Crippen molar-refractivity contribution < 1.29 is 10.0 Å². The van der Waals surface area contributed by atoms with Crippen molar-refractivity contribution in [2.24, 2.45) is 0 Å². The molecule has 1 aromatic heterocycles. The Morgan fingerprint density at radius 2 is 2.28 bits per heavy atom. The summed E-state index contributed by atoms with van der Waals surface area (Å²) in [5, 5.41) is 25.3. The quantitative estimate of drug-likeness (QED) is 0.644. The fourth-order valence-electron chi connectivity index (χ4n) is 2.43.